The summed E-state index contributed by atoms with van der Waals surface area (Å²) in [4.78, 5) is 20.7. The first-order valence-corrected chi connectivity index (χ1v) is 15.1. The van der Waals surface area contributed by atoms with Crippen LogP contribution in [0, 0.1) is 20.8 Å². The monoisotopic (exact) mass is 616 g/mol. The molecule has 0 unspecified atom stereocenters. The second kappa shape index (κ2) is 13.1. The van der Waals surface area contributed by atoms with Crippen LogP contribution in [0.15, 0.2) is 88.8 Å². The van der Waals surface area contributed by atoms with Gasteiger partial charge in [-0.1, -0.05) is 71.2 Å². The van der Waals surface area contributed by atoms with Crippen molar-refractivity contribution < 1.29 is 14.3 Å². The van der Waals surface area contributed by atoms with Crippen molar-refractivity contribution in [3.8, 4) is 11.5 Å². The van der Waals surface area contributed by atoms with Crippen molar-refractivity contribution in [1.82, 2.24) is 0 Å². The Balaban J connectivity index is 1.47. The van der Waals surface area contributed by atoms with Gasteiger partial charge in [-0.05, 0) is 104 Å². The summed E-state index contributed by atoms with van der Waals surface area (Å²) in [5, 5.41) is 1.69. The summed E-state index contributed by atoms with van der Waals surface area (Å²) in [6.07, 6.45) is 1.84. The Morgan fingerprint density at radius 1 is 0.833 bits per heavy atom. The lowest BCUT2D eigenvalue weighted by Crippen LogP contribution is -2.28. The van der Waals surface area contributed by atoms with Crippen molar-refractivity contribution in [3.05, 3.63) is 122 Å². The fourth-order valence-corrected chi connectivity index (χ4v) is 5.61. The fraction of sp³-hybridized carbons (Fsp3) is 0.176. The largest absolute Gasteiger partial charge is 0.490 e. The molecule has 1 fully saturated rings. The Morgan fingerprint density at radius 3 is 2.24 bits per heavy atom. The first-order valence-electron chi connectivity index (χ1n) is 13.5. The molecule has 1 heterocycles. The molecule has 1 aliphatic rings. The van der Waals surface area contributed by atoms with Gasteiger partial charge in [0.05, 0.1) is 22.9 Å². The molecule has 4 aromatic carbocycles. The zero-order chi connectivity index (χ0) is 29.8. The van der Waals surface area contributed by atoms with Crippen molar-refractivity contribution in [1.29, 1.82) is 0 Å². The smallest absolute Gasteiger partial charge is 0.271 e. The molecule has 5 nitrogen and oxygen atoms in total. The van der Waals surface area contributed by atoms with E-state index < -0.39 is 0 Å². The third-order valence-electron chi connectivity index (χ3n) is 6.68. The van der Waals surface area contributed by atoms with E-state index in [2.05, 4.69) is 19.1 Å². The number of halogens is 2. The van der Waals surface area contributed by atoms with Crippen LogP contribution < -0.4 is 14.4 Å². The number of ether oxygens (including phenoxy) is 2. The summed E-state index contributed by atoms with van der Waals surface area (Å²) >= 11 is 14.1. The molecular weight excluding hydrogens is 587 g/mol. The van der Waals surface area contributed by atoms with Gasteiger partial charge in [-0.15, -0.1) is 0 Å². The minimum atomic E-state index is -0.200. The number of rotatable bonds is 8. The van der Waals surface area contributed by atoms with E-state index in [-0.39, 0.29) is 5.91 Å². The third kappa shape index (κ3) is 6.84. The Bertz CT molecular complexity index is 1700. The molecule has 1 aliphatic heterocycles. The number of aryl methyl sites for hydroxylation is 3. The molecule has 0 saturated carbocycles. The van der Waals surface area contributed by atoms with E-state index in [0.717, 1.165) is 22.3 Å². The highest BCUT2D eigenvalue weighted by atomic mass is 35.5. The van der Waals surface area contributed by atoms with Crippen LogP contribution in [0.4, 0.5) is 11.4 Å². The maximum atomic E-state index is 13.8. The average molecular weight is 618 g/mol. The van der Waals surface area contributed by atoms with Crippen molar-refractivity contribution in [2.45, 2.75) is 34.3 Å². The number of carbonyl (C=O) groups excluding carboxylic acids is 1. The fourth-order valence-electron chi connectivity index (χ4n) is 4.26. The van der Waals surface area contributed by atoms with E-state index >= 15 is 0 Å². The number of hydrogen-bond acceptors (Lipinski definition) is 5. The third-order valence-corrected chi connectivity index (χ3v) is 8.46. The summed E-state index contributed by atoms with van der Waals surface area (Å²) in [7, 11) is 0. The Morgan fingerprint density at radius 2 is 1.55 bits per heavy atom. The highest BCUT2D eigenvalue weighted by Crippen LogP contribution is 2.40. The lowest BCUT2D eigenvalue weighted by Gasteiger charge is -2.16. The zero-order valence-electron chi connectivity index (χ0n) is 23.8. The molecule has 0 spiro atoms. The molecule has 0 N–H and O–H groups in total. The van der Waals surface area contributed by atoms with Gasteiger partial charge in [-0.3, -0.25) is 9.69 Å². The van der Waals surface area contributed by atoms with Gasteiger partial charge in [0.1, 0.15) is 6.61 Å². The van der Waals surface area contributed by atoms with Crippen LogP contribution in [0.5, 0.6) is 11.5 Å². The topological polar surface area (TPSA) is 51.1 Å². The van der Waals surface area contributed by atoms with Crippen molar-refractivity contribution in [2.24, 2.45) is 4.99 Å². The van der Waals surface area contributed by atoms with Crippen LogP contribution in [-0.2, 0) is 11.4 Å². The highest BCUT2D eigenvalue weighted by Gasteiger charge is 2.35. The zero-order valence-corrected chi connectivity index (χ0v) is 26.1. The molecular formula is C34H30Cl2N2O3S. The quantitative estimate of drug-likeness (QED) is 0.185. The van der Waals surface area contributed by atoms with Crippen LogP contribution in [-0.4, -0.2) is 17.7 Å². The summed E-state index contributed by atoms with van der Waals surface area (Å²) in [5.41, 5.74) is 6.24. The molecule has 0 aromatic heterocycles. The number of hydrogen-bond donors (Lipinski definition) is 0. The Kier molecular flexibility index (Phi) is 9.27. The number of thioether (sulfide) groups is 1. The molecule has 0 bridgehead atoms. The molecule has 5 rings (SSSR count). The van der Waals surface area contributed by atoms with E-state index in [1.165, 1.54) is 17.3 Å². The number of nitrogens with zero attached hydrogens (tertiary/aromatic N) is 2. The minimum absolute atomic E-state index is 0.200. The predicted molar refractivity (Wildman–Crippen MR) is 176 cm³/mol. The molecule has 0 aliphatic carbocycles. The van der Waals surface area contributed by atoms with E-state index in [1.54, 1.807) is 17.0 Å². The van der Waals surface area contributed by atoms with Crippen molar-refractivity contribution >= 4 is 63.5 Å². The van der Waals surface area contributed by atoms with Crippen LogP contribution in [0.1, 0.15) is 34.7 Å². The number of anilines is 1. The average Bonchev–Trinajstić information content (AvgIpc) is 3.26. The lowest BCUT2D eigenvalue weighted by atomic mass is 10.1. The maximum absolute atomic E-state index is 13.8. The molecule has 8 heteroatoms. The maximum Gasteiger partial charge on any atom is 0.271 e. The van der Waals surface area contributed by atoms with Gasteiger partial charge in [0.15, 0.2) is 16.7 Å². The number of amidine groups is 1. The minimum Gasteiger partial charge on any atom is -0.490 e. The van der Waals surface area contributed by atoms with Gasteiger partial charge in [0, 0.05) is 10.0 Å². The number of aliphatic imine (C=N–C) groups is 1. The van der Waals surface area contributed by atoms with Crippen LogP contribution in [0.25, 0.3) is 6.08 Å². The molecule has 214 valence electrons. The Labute approximate surface area is 260 Å². The van der Waals surface area contributed by atoms with Crippen molar-refractivity contribution in [2.75, 3.05) is 11.5 Å². The molecule has 42 heavy (non-hydrogen) atoms. The lowest BCUT2D eigenvalue weighted by molar-refractivity contribution is -0.113. The Hall–Kier alpha value is -3.71. The molecule has 0 atom stereocenters. The predicted octanol–water partition coefficient (Wildman–Crippen LogP) is 9.70. The first kappa shape index (κ1) is 29.8. The second-order valence-corrected chi connectivity index (χ2v) is 11.7. The van der Waals surface area contributed by atoms with E-state index in [4.69, 9.17) is 37.7 Å². The summed E-state index contributed by atoms with van der Waals surface area (Å²) in [6, 6.07) is 25.0. The first-order chi connectivity index (χ1) is 20.2. The summed E-state index contributed by atoms with van der Waals surface area (Å²) in [6.45, 7) is 8.74. The van der Waals surface area contributed by atoms with Gasteiger partial charge in [0.25, 0.3) is 5.91 Å². The molecule has 1 amide bonds. The van der Waals surface area contributed by atoms with E-state index in [9.17, 15) is 4.79 Å². The SMILES string of the molecule is CCOc1cc(/C=C2/SC(=Nc3ccc(C)c(Cl)c3)N(c3ccc(C)c(Cl)c3)C2=O)ccc1OCc1ccc(C)cc1. The van der Waals surface area contributed by atoms with Crippen LogP contribution >= 0.6 is 35.0 Å². The van der Waals surface area contributed by atoms with Crippen LogP contribution in [0.2, 0.25) is 10.0 Å². The van der Waals surface area contributed by atoms with Crippen molar-refractivity contribution in [3.63, 3.8) is 0 Å². The van der Waals surface area contributed by atoms with Gasteiger partial charge in [-0.25, -0.2) is 4.99 Å². The summed E-state index contributed by atoms with van der Waals surface area (Å²) < 4.78 is 12.0. The number of carbonyl (C=O) groups is 1. The standard InChI is InChI=1S/C34H30Cl2N2O3S/c1-5-40-31-16-25(12-15-30(31)41-20-24-10-6-21(2)7-11-24)17-32-33(39)38(27-14-9-23(4)29(36)19-27)34(42-32)37-26-13-8-22(3)28(35)18-26/h6-19H,5,20H2,1-4H3/b32-17+,37-34?. The molecule has 0 radical (unpaired) electrons. The molecule has 1 saturated heterocycles. The number of amides is 1. The number of benzene rings is 4. The van der Waals surface area contributed by atoms with Gasteiger partial charge >= 0.3 is 0 Å². The molecule has 4 aromatic rings. The van der Waals surface area contributed by atoms with Gasteiger partial charge < -0.3 is 9.47 Å². The van der Waals surface area contributed by atoms with E-state index in [0.29, 0.717) is 56.2 Å². The highest BCUT2D eigenvalue weighted by molar-refractivity contribution is 8.19. The normalized spacial score (nSPS) is 15.1. The second-order valence-electron chi connectivity index (χ2n) is 9.93. The van der Waals surface area contributed by atoms with Gasteiger partial charge in [-0.2, -0.15) is 0 Å². The van der Waals surface area contributed by atoms with Gasteiger partial charge in [0.2, 0.25) is 0 Å². The summed E-state index contributed by atoms with van der Waals surface area (Å²) in [5.74, 6) is 1.05. The van der Waals surface area contributed by atoms with E-state index in [1.807, 2.05) is 81.4 Å². The van der Waals surface area contributed by atoms with Crippen LogP contribution in [0.3, 0.4) is 0 Å².